The summed E-state index contributed by atoms with van der Waals surface area (Å²) in [6, 6.07) is 10.2. The highest BCUT2D eigenvalue weighted by Crippen LogP contribution is 2.62. The first-order chi connectivity index (χ1) is 30.3. The van der Waals surface area contributed by atoms with Gasteiger partial charge in [0.15, 0.2) is 0 Å². The predicted octanol–water partition coefficient (Wildman–Crippen LogP) is 6.69. The summed E-state index contributed by atoms with van der Waals surface area (Å²) in [5, 5.41) is 48.2. The Morgan fingerprint density at radius 3 is 2.43 bits per heavy atom. The van der Waals surface area contributed by atoms with Crippen LogP contribution in [0.25, 0.3) is 6.08 Å². The summed E-state index contributed by atoms with van der Waals surface area (Å²) in [6.07, 6.45) is 10.5. The van der Waals surface area contributed by atoms with Crippen molar-refractivity contribution >= 4 is 29.5 Å². The second-order valence-electron chi connectivity index (χ2n) is 16.9. The number of nitro benzene ring substituents is 1. The van der Waals surface area contributed by atoms with E-state index in [9.17, 15) is 35.0 Å². The molecule has 0 spiro atoms. The maximum atomic E-state index is 14.8. The van der Waals surface area contributed by atoms with Crippen LogP contribution < -0.4 is 14.8 Å². The molecule has 0 saturated heterocycles. The number of oxime groups is 1. The normalized spacial score (nSPS) is 23.3. The molecule has 63 heavy (non-hydrogen) atoms. The zero-order valence-electron chi connectivity index (χ0n) is 36.9. The molecule has 0 radical (unpaired) electrons. The van der Waals surface area contributed by atoms with Crippen LogP contribution in [0.15, 0.2) is 78.0 Å². The minimum absolute atomic E-state index is 0.0202. The van der Waals surface area contributed by atoms with E-state index in [1.165, 1.54) is 18.2 Å². The standard InChI is InChI=1S/C47H64N4O12/c1-6-26-60-47-41(50(22-27-59-28-25-54)42(55)21-16-32-14-17-34(18-15-32)51(57)58)31-39(49-63-46(3,4)5)37-29-33(12-8-10-23-52)36(13-9-11-24-53)43(44(37)47)38-30-35(19-20-40(38)62-47)61-45(56)48-7-2/h6,14-21,29-30,33,36,41,43-44,52-54H,1,7-13,22-28,31H2,2-5H3,(H,48,56)/t33-,36+,41-,43+,44+,47+/m0/s1. The van der Waals surface area contributed by atoms with Crippen molar-refractivity contribution in [3.8, 4) is 11.5 Å². The molecule has 0 aromatic heterocycles. The van der Waals surface area contributed by atoms with E-state index in [1.807, 2.05) is 26.8 Å². The van der Waals surface area contributed by atoms with Gasteiger partial charge in [-0.15, -0.1) is 6.58 Å². The number of non-ortho nitro benzene ring substituents is 1. The van der Waals surface area contributed by atoms with Crippen molar-refractivity contribution in [2.45, 2.75) is 96.0 Å². The average molecular weight is 877 g/mol. The molecule has 2 aromatic carbocycles. The van der Waals surface area contributed by atoms with Gasteiger partial charge in [-0.25, -0.2) is 4.79 Å². The summed E-state index contributed by atoms with van der Waals surface area (Å²) in [6.45, 7) is 11.9. The molecule has 0 unspecified atom stereocenters. The van der Waals surface area contributed by atoms with Gasteiger partial charge < -0.3 is 49.3 Å². The van der Waals surface area contributed by atoms with Crippen LogP contribution in [0.4, 0.5) is 10.5 Å². The van der Waals surface area contributed by atoms with Crippen molar-refractivity contribution in [1.29, 1.82) is 0 Å². The number of unbranched alkanes of at least 4 members (excludes halogenated alkanes) is 2. The molecule has 4 N–H and O–H groups in total. The molecule has 6 atom stereocenters. The third-order valence-corrected chi connectivity index (χ3v) is 11.5. The summed E-state index contributed by atoms with van der Waals surface area (Å²) in [5.41, 5.74) is 2.02. The molecule has 0 bridgehead atoms. The number of benzene rings is 2. The maximum absolute atomic E-state index is 14.8. The Bertz CT molecular complexity index is 1960. The monoisotopic (exact) mass is 876 g/mol. The molecule has 5 rings (SSSR count). The van der Waals surface area contributed by atoms with Crippen LogP contribution in [-0.2, 0) is 19.1 Å². The van der Waals surface area contributed by atoms with Crippen LogP contribution in [-0.4, -0.2) is 113 Å². The Kier molecular flexibility index (Phi) is 17.8. The number of carbonyl (C=O) groups excluding carboxylic acids is 2. The Hall–Kier alpha value is -5.13. The Labute approximate surface area is 369 Å². The molecule has 16 heteroatoms. The summed E-state index contributed by atoms with van der Waals surface area (Å²) in [4.78, 5) is 46.2. The van der Waals surface area contributed by atoms with E-state index in [4.69, 9.17) is 28.9 Å². The van der Waals surface area contributed by atoms with Crippen LogP contribution in [0.3, 0.4) is 0 Å². The van der Waals surface area contributed by atoms with E-state index in [2.05, 4.69) is 18.0 Å². The van der Waals surface area contributed by atoms with Crippen LogP contribution >= 0.6 is 0 Å². The summed E-state index contributed by atoms with van der Waals surface area (Å²) in [7, 11) is 0. The zero-order chi connectivity index (χ0) is 45.6. The summed E-state index contributed by atoms with van der Waals surface area (Å²) in [5.74, 6) is -2.27. The van der Waals surface area contributed by atoms with Crippen molar-refractivity contribution in [2.24, 2.45) is 22.9 Å². The van der Waals surface area contributed by atoms with Gasteiger partial charge in [0.05, 0.1) is 43.0 Å². The van der Waals surface area contributed by atoms with Crippen molar-refractivity contribution < 1.29 is 53.6 Å². The van der Waals surface area contributed by atoms with E-state index in [1.54, 1.807) is 48.2 Å². The number of carbonyl (C=O) groups is 2. The van der Waals surface area contributed by atoms with Gasteiger partial charge in [0.25, 0.3) is 5.69 Å². The number of ether oxygens (including phenoxy) is 4. The highest BCUT2D eigenvalue weighted by atomic mass is 16.7. The number of fused-ring (bicyclic) bond motifs is 2. The van der Waals surface area contributed by atoms with Crippen LogP contribution in [0, 0.1) is 27.9 Å². The smallest absolute Gasteiger partial charge is 0.412 e. The van der Waals surface area contributed by atoms with Gasteiger partial charge in [-0.05, 0) is 113 Å². The lowest BCUT2D eigenvalue weighted by atomic mass is 9.55. The molecule has 1 aliphatic heterocycles. The molecular formula is C47H64N4O12. The van der Waals surface area contributed by atoms with Gasteiger partial charge in [0.1, 0.15) is 23.1 Å². The molecule has 344 valence electrons. The molecule has 1 fully saturated rings. The molecule has 3 aliphatic rings. The van der Waals surface area contributed by atoms with E-state index < -0.39 is 40.3 Å². The highest BCUT2D eigenvalue weighted by Gasteiger charge is 2.65. The molecule has 1 heterocycles. The zero-order valence-corrected chi connectivity index (χ0v) is 36.9. The average Bonchev–Trinajstić information content (AvgIpc) is 3.25. The minimum atomic E-state index is -1.57. The van der Waals surface area contributed by atoms with Gasteiger partial charge in [-0.2, -0.15) is 0 Å². The lowest BCUT2D eigenvalue weighted by molar-refractivity contribution is -0.384. The minimum Gasteiger partial charge on any atom is -0.459 e. The van der Waals surface area contributed by atoms with Gasteiger partial charge in [0, 0.05) is 62.4 Å². The van der Waals surface area contributed by atoms with E-state index >= 15 is 0 Å². The fourth-order valence-corrected chi connectivity index (χ4v) is 8.91. The second kappa shape index (κ2) is 23.0. The topological polar surface area (TPSA) is 212 Å². The Morgan fingerprint density at radius 2 is 1.78 bits per heavy atom. The fraction of sp³-hybridized carbons (Fsp3) is 0.553. The number of aliphatic hydroxyl groups excluding tert-OH is 3. The van der Waals surface area contributed by atoms with Gasteiger partial charge in [-0.1, -0.05) is 30.1 Å². The maximum Gasteiger partial charge on any atom is 0.412 e. The number of nitrogens with zero attached hydrogens (tertiary/aromatic N) is 3. The fourth-order valence-electron chi connectivity index (χ4n) is 8.91. The van der Waals surface area contributed by atoms with Gasteiger partial charge in [-0.3, -0.25) is 14.9 Å². The molecule has 2 aliphatic carbocycles. The number of nitrogens with one attached hydrogen (secondary N) is 1. The van der Waals surface area contributed by atoms with E-state index in [0.717, 1.165) is 24.0 Å². The lowest BCUT2D eigenvalue weighted by Gasteiger charge is -2.60. The lowest BCUT2D eigenvalue weighted by Crippen LogP contribution is -2.70. The van der Waals surface area contributed by atoms with Crippen molar-refractivity contribution in [3.05, 3.63) is 94.1 Å². The first-order valence-electron chi connectivity index (χ1n) is 21.9. The van der Waals surface area contributed by atoms with Gasteiger partial charge in [0.2, 0.25) is 11.7 Å². The molecule has 2 amide bonds. The number of rotatable bonds is 23. The van der Waals surface area contributed by atoms with Gasteiger partial charge >= 0.3 is 6.09 Å². The molecule has 2 aromatic rings. The van der Waals surface area contributed by atoms with Crippen LogP contribution in [0.5, 0.6) is 11.5 Å². The number of allylic oxidation sites excluding steroid dienone is 1. The number of aliphatic hydroxyl groups is 3. The van der Waals surface area contributed by atoms with Crippen molar-refractivity contribution in [2.75, 3.05) is 52.7 Å². The number of amides is 2. The number of hydrogen-bond donors (Lipinski definition) is 4. The summed E-state index contributed by atoms with van der Waals surface area (Å²) < 4.78 is 25.8. The Morgan fingerprint density at radius 1 is 1.05 bits per heavy atom. The number of nitro groups is 1. The Balaban J connectivity index is 1.78. The van der Waals surface area contributed by atoms with Crippen molar-refractivity contribution in [1.82, 2.24) is 10.2 Å². The van der Waals surface area contributed by atoms with Crippen molar-refractivity contribution in [3.63, 3.8) is 0 Å². The quantitative estimate of drug-likeness (QED) is 0.0303. The van der Waals surface area contributed by atoms with E-state index in [0.29, 0.717) is 55.0 Å². The third kappa shape index (κ3) is 12.3. The molecule has 1 saturated carbocycles. The van der Waals surface area contributed by atoms with Crippen LogP contribution in [0.2, 0.25) is 0 Å². The molecular weight excluding hydrogens is 813 g/mol. The number of hydrogen-bond acceptors (Lipinski definition) is 13. The second-order valence-corrected chi connectivity index (χ2v) is 16.9. The highest BCUT2D eigenvalue weighted by molar-refractivity contribution is 6.03. The summed E-state index contributed by atoms with van der Waals surface area (Å²) >= 11 is 0. The largest absolute Gasteiger partial charge is 0.459 e. The first kappa shape index (κ1) is 48.9. The van der Waals surface area contributed by atoms with Crippen LogP contribution in [0.1, 0.15) is 89.7 Å². The predicted molar refractivity (Wildman–Crippen MR) is 237 cm³/mol. The molecule has 16 nitrogen and oxygen atoms in total. The van der Waals surface area contributed by atoms with E-state index in [-0.39, 0.29) is 76.0 Å². The third-order valence-electron chi connectivity index (χ3n) is 11.5. The first-order valence-corrected chi connectivity index (χ1v) is 21.9. The SMILES string of the molecule is C=CCO[C@@]12Oc3ccc(OC(=O)NCC)cc3[C@H]3[C@H](CCCCO)[C@@H](CCCCO)C=C(C(=NOC(C)(C)C)C[C@@H]1N(CCOCCO)C(=O)C=Cc1ccc([N+](=O)[O-])cc1)[C@H]32.